The van der Waals surface area contributed by atoms with Crippen LogP contribution in [0.2, 0.25) is 0 Å². The van der Waals surface area contributed by atoms with Gasteiger partial charge in [-0.15, -0.1) is 0 Å². The van der Waals surface area contributed by atoms with E-state index in [9.17, 15) is 9.59 Å². The molecule has 0 aromatic carbocycles. The van der Waals surface area contributed by atoms with Gasteiger partial charge < -0.3 is 10.2 Å². The monoisotopic (exact) mass is 340 g/mol. The molecule has 3 amide bonds. The highest BCUT2D eigenvalue weighted by Crippen LogP contribution is 2.40. The molecule has 1 saturated carbocycles. The van der Waals surface area contributed by atoms with Crippen molar-refractivity contribution in [3.8, 4) is 0 Å². The summed E-state index contributed by atoms with van der Waals surface area (Å²) in [5.74, 6) is 0.870. The largest absolute Gasteiger partial charge is 0.368 e. The minimum absolute atomic E-state index is 0.266. The summed E-state index contributed by atoms with van der Waals surface area (Å²) < 4.78 is 1.73. The summed E-state index contributed by atoms with van der Waals surface area (Å²) in [6.07, 6.45) is 7.61. The van der Waals surface area contributed by atoms with E-state index in [-0.39, 0.29) is 12.5 Å². The fraction of sp³-hybridized carbons (Fsp3) is 0.529. The molecule has 0 radical (unpaired) electrons. The van der Waals surface area contributed by atoms with Crippen molar-refractivity contribution in [3.05, 3.63) is 24.2 Å². The SMILES string of the molecule is O=C1NCC(c2cc(N3CC(C4CCC4)C3)c3nccn3n2)C(=O)N1. The van der Waals surface area contributed by atoms with E-state index in [0.717, 1.165) is 36.3 Å². The van der Waals surface area contributed by atoms with Crippen LogP contribution >= 0.6 is 0 Å². The third kappa shape index (κ3) is 2.35. The number of anilines is 1. The lowest BCUT2D eigenvalue weighted by atomic mass is 9.72. The van der Waals surface area contributed by atoms with E-state index in [2.05, 4.69) is 25.6 Å². The van der Waals surface area contributed by atoms with Gasteiger partial charge in [0.25, 0.3) is 0 Å². The van der Waals surface area contributed by atoms with Gasteiger partial charge in [0.2, 0.25) is 5.91 Å². The van der Waals surface area contributed by atoms with Crippen LogP contribution in [0.4, 0.5) is 10.5 Å². The molecule has 4 heterocycles. The molecular formula is C17H20N6O2. The van der Waals surface area contributed by atoms with Crippen LogP contribution in [0, 0.1) is 11.8 Å². The van der Waals surface area contributed by atoms with Gasteiger partial charge in [-0.2, -0.15) is 5.10 Å². The Morgan fingerprint density at radius 1 is 1.16 bits per heavy atom. The number of imidazole rings is 1. The standard InChI is InChI=1S/C17H20N6O2/c24-16-12(7-19-17(25)20-16)13-6-14(15-18-4-5-23(15)21-13)22-8-11(9-22)10-2-1-3-10/h4-6,10-12H,1-3,7-9H2,(H2,19,20,24,25). The smallest absolute Gasteiger partial charge is 0.321 e. The number of imide groups is 1. The van der Waals surface area contributed by atoms with E-state index in [1.807, 2.05) is 6.07 Å². The van der Waals surface area contributed by atoms with Gasteiger partial charge >= 0.3 is 6.03 Å². The Labute approximate surface area is 144 Å². The number of hydrogen-bond acceptors (Lipinski definition) is 5. The Morgan fingerprint density at radius 3 is 2.72 bits per heavy atom. The third-order valence-corrected chi connectivity index (χ3v) is 5.80. The zero-order valence-electron chi connectivity index (χ0n) is 13.8. The number of nitrogens with one attached hydrogen (secondary N) is 2. The van der Waals surface area contributed by atoms with Gasteiger partial charge in [0.1, 0.15) is 0 Å². The van der Waals surface area contributed by atoms with Crippen LogP contribution in [0.5, 0.6) is 0 Å². The Balaban J connectivity index is 1.45. The summed E-state index contributed by atoms with van der Waals surface area (Å²) in [5.41, 5.74) is 2.50. The molecule has 3 aliphatic rings. The Bertz CT molecular complexity index is 852. The highest BCUT2D eigenvalue weighted by molar-refractivity contribution is 6.00. The fourth-order valence-corrected chi connectivity index (χ4v) is 4.01. The first-order valence-electron chi connectivity index (χ1n) is 8.87. The summed E-state index contributed by atoms with van der Waals surface area (Å²) in [4.78, 5) is 30.2. The van der Waals surface area contributed by atoms with Gasteiger partial charge in [0, 0.05) is 32.0 Å². The van der Waals surface area contributed by atoms with Crippen LogP contribution in [0.1, 0.15) is 30.9 Å². The summed E-state index contributed by atoms with van der Waals surface area (Å²) in [6, 6.07) is 1.51. The number of hydrogen-bond donors (Lipinski definition) is 2. The minimum atomic E-state index is -0.480. The normalized spacial score (nSPS) is 24.6. The van der Waals surface area contributed by atoms with Gasteiger partial charge in [-0.25, -0.2) is 14.3 Å². The van der Waals surface area contributed by atoms with Crippen molar-refractivity contribution in [3.63, 3.8) is 0 Å². The van der Waals surface area contributed by atoms with Crippen molar-refractivity contribution in [1.82, 2.24) is 25.2 Å². The molecule has 0 bridgehead atoms. The average Bonchev–Trinajstić information content (AvgIpc) is 2.96. The number of aromatic nitrogens is 3. The maximum Gasteiger partial charge on any atom is 0.321 e. The highest BCUT2D eigenvalue weighted by Gasteiger charge is 2.38. The van der Waals surface area contributed by atoms with Gasteiger partial charge in [-0.3, -0.25) is 10.1 Å². The molecule has 1 aliphatic carbocycles. The summed E-state index contributed by atoms with van der Waals surface area (Å²) in [5, 5.41) is 9.52. The van der Waals surface area contributed by atoms with E-state index in [1.165, 1.54) is 19.3 Å². The zero-order chi connectivity index (χ0) is 17.0. The molecule has 3 fully saturated rings. The van der Waals surface area contributed by atoms with E-state index in [1.54, 1.807) is 16.9 Å². The van der Waals surface area contributed by atoms with Gasteiger partial charge in [-0.05, 0) is 17.9 Å². The fourth-order valence-electron chi connectivity index (χ4n) is 4.01. The Hall–Kier alpha value is -2.64. The molecule has 8 heteroatoms. The number of carbonyl (C=O) groups is 2. The van der Waals surface area contributed by atoms with E-state index < -0.39 is 11.9 Å². The highest BCUT2D eigenvalue weighted by atomic mass is 16.2. The van der Waals surface area contributed by atoms with Gasteiger partial charge in [0.05, 0.1) is 17.3 Å². The number of nitrogens with zero attached hydrogens (tertiary/aromatic N) is 4. The third-order valence-electron chi connectivity index (χ3n) is 5.80. The first-order valence-corrected chi connectivity index (χ1v) is 8.87. The van der Waals surface area contributed by atoms with Crippen LogP contribution in [0.15, 0.2) is 18.5 Å². The van der Waals surface area contributed by atoms with Crippen LogP contribution < -0.4 is 15.5 Å². The van der Waals surface area contributed by atoms with Crippen LogP contribution in [0.3, 0.4) is 0 Å². The molecule has 2 aliphatic heterocycles. The van der Waals surface area contributed by atoms with Crippen molar-refractivity contribution in [2.75, 3.05) is 24.5 Å². The topological polar surface area (TPSA) is 91.6 Å². The molecule has 130 valence electrons. The second kappa shape index (κ2) is 5.44. The van der Waals surface area contributed by atoms with Crippen LogP contribution in [0.25, 0.3) is 5.65 Å². The number of fused-ring (bicyclic) bond motifs is 1. The van der Waals surface area contributed by atoms with Crippen molar-refractivity contribution in [2.45, 2.75) is 25.2 Å². The maximum atomic E-state index is 12.2. The number of rotatable bonds is 3. The van der Waals surface area contributed by atoms with Crippen molar-refractivity contribution >= 4 is 23.3 Å². The maximum absolute atomic E-state index is 12.2. The van der Waals surface area contributed by atoms with Crippen LogP contribution in [-0.4, -0.2) is 46.2 Å². The molecule has 8 nitrogen and oxygen atoms in total. The molecule has 2 N–H and O–H groups in total. The molecule has 0 spiro atoms. The molecule has 1 atom stereocenters. The van der Waals surface area contributed by atoms with Gasteiger partial charge in [0.15, 0.2) is 5.65 Å². The Morgan fingerprint density at radius 2 is 2.00 bits per heavy atom. The summed E-state index contributed by atoms with van der Waals surface area (Å²) >= 11 is 0. The lowest BCUT2D eigenvalue weighted by Gasteiger charge is -2.47. The molecule has 1 unspecified atom stereocenters. The predicted molar refractivity (Wildman–Crippen MR) is 90.3 cm³/mol. The second-order valence-electron chi connectivity index (χ2n) is 7.26. The predicted octanol–water partition coefficient (Wildman–Crippen LogP) is 0.889. The van der Waals surface area contributed by atoms with Crippen molar-refractivity contribution < 1.29 is 9.59 Å². The number of amides is 3. The van der Waals surface area contributed by atoms with E-state index in [4.69, 9.17) is 0 Å². The van der Waals surface area contributed by atoms with Gasteiger partial charge in [-0.1, -0.05) is 19.3 Å². The zero-order valence-corrected chi connectivity index (χ0v) is 13.8. The summed E-state index contributed by atoms with van der Waals surface area (Å²) in [7, 11) is 0. The lowest BCUT2D eigenvalue weighted by Crippen LogP contribution is -2.52. The number of urea groups is 1. The molecule has 2 aromatic rings. The lowest BCUT2D eigenvalue weighted by molar-refractivity contribution is -0.122. The first-order chi connectivity index (χ1) is 12.2. The Kier molecular flexibility index (Phi) is 3.19. The van der Waals surface area contributed by atoms with E-state index >= 15 is 0 Å². The van der Waals surface area contributed by atoms with Crippen molar-refractivity contribution in [2.24, 2.45) is 11.8 Å². The average molecular weight is 340 g/mol. The molecular weight excluding hydrogens is 320 g/mol. The molecule has 5 rings (SSSR count). The molecule has 25 heavy (non-hydrogen) atoms. The number of carbonyl (C=O) groups excluding carboxylic acids is 2. The van der Waals surface area contributed by atoms with E-state index in [0.29, 0.717) is 5.69 Å². The quantitative estimate of drug-likeness (QED) is 0.866. The first kappa shape index (κ1) is 14.7. The minimum Gasteiger partial charge on any atom is -0.368 e. The summed E-state index contributed by atoms with van der Waals surface area (Å²) in [6.45, 7) is 2.36. The van der Waals surface area contributed by atoms with Crippen molar-refractivity contribution in [1.29, 1.82) is 0 Å². The van der Waals surface area contributed by atoms with Crippen LogP contribution in [-0.2, 0) is 4.79 Å². The molecule has 2 aromatic heterocycles. The molecule has 2 saturated heterocycles. The second-order valence-corrected chi connectivity index (χ2v) is 7.26.